The van der Waals surface area contributed by atoms with E-state index in [2.05, 4.69) is 96.9 Å². The second-order valence-corrected chi connectivity index (χ2v) is 30.5. The van der Waals surface area contributed by atoms with Crippen LogP contribution < -0.4 is 0 Å². The number of ketones is 2. The van der Waals surface area contributed by atoms with Crippen LogP contribution in [-0.2, 0) is 57.0 Å². The molecule has 29 atom stereocenters. The molecule has 8 fully saturated rings. The highest BCUT2D eigenvalue weighted by Crippen LogP contribution is 2.68. The van der Waals surface area contributed by atoms with Crippen LogP contribution >= 0.6 is 0 Å². The number of esters is 2. The predicted molar refractivity (Wildman–Crippen MR) is 340 cm³/mol. The van der Waals surface area contributed by atoms with Gasteiger partial charge in [-0.1, -0.05) is 140 Å². The molecule has 0 amide bonds. The van der Waals surface area contributed by atoms with Gasteiger partial charge in [-0.15, -0.1) is 0 Å². The molecule has 14 nitrogen and oxygen atoms in total. The Kier molecular flexibility index (Phi) is 22.2. The molecule has 4 aliphatic heterocycles. The molecule has 0 bridgehead atoms. The molecule has 4 aliphatic carbocycles. The minimum Gasteiger partial charge on any atom is -0.459 e. The van der Waals surface area contributed by atoms with E-state index in [4.69, 9.17) is 47.4 Å². The molecular weight excluding hydrogens is 1120 g/mol. The smallest absolute Gasteiger partial charge is 0.338 e. The summed E-state index contributed by atoms with van der Waals surface area (Å²) < 4.78 is 66.6. The van der Waals surface area contributed by atoms with E-state index >= 15 is 0 Å². The lowest BCUT2D eigenvalue weighted by atomic mass is 9.44. The highest BCUT2D eigenvalue weighted by molar-refractivity contribution is 5.92. The molecule has 4 saturated carbocycles. The first kappa shape index (κ1) is 68.3. The monoisotopic (exact) mass is 1240 g/mol. The summed E-state index contributed by atoms with van der Waals surface area (Å²) in [5.74, 6) is 2.25. The number of hydrogen-bond donors (Lipinski definition) is 0. The SMILES string of the molecule is CCC1O[C@@H](O[C@@H]2C(CC)O[C@@H](O[C@H]3C(COC(=O)c4ccccc4)O[C@@H](OC4CCC5(C)C(CCC6C5CCC5(C)C6CC(=O)C5[C@H](C)C(=O)CC[C@H](C)CO[C@@H]5OC[C@H](C)[C@H](C)C5OC(=O)c5ccccc5)C4)C(C)[C@H]3C)C(C)[C@H]2C)C(C)[C@@H](C)[C@@H]1C. The van der Waals surface area contributed by atoms with Gasteiger partial charge >= 0.3 is 11.9 Å². The van der Waals surface area contributed by atoms with Crippen molar-refractivity contribution >= 4 is 23.5 Å². The molecule has 2 aromatic carbocycles. The highest BCUT2D eigenvalue weighted by atomic mass is 16.7. The summed E-state index contributed by atoms with van der Waals surface area (Å²) in [6.45, 7) is 34.2. The van der Waals surface area contributed by atoms with E-state index in [1.54, 1.807) is 24.3 Å². The van der Waals surface area contributed by atoms with Gasteiger partial charge in [0.15, 0.2) is 31.3 Å². The maximum Gasteiger partial charge on any atom is 0.338 e. The van der Waals surface area contributed by atoms with Crippen molar-refractivity contribution < 1.29 is 66.5 Å². The number of benzene rings is 2. The first-order valence-corrected chi connectivity index (χ1v) is 35.2. The molecule has 0 spiro atoms. The van der Waals surface area contributed by atoms with Gasteiger partial charge in [-0.2, -0.15) is 0 Å². The zero-order chi connectivity index (χ0) is 63.8. The molecule has 14 heteroatoms. The largest absolute Gasteiger partial charge is 0.459 e. The second kappa shape index (κ2) is 29.0. The minimum atomic E-state index is -0.691. The Balaban J connectivity index is 0.741. The van der Waals surface area contributed by atoms with E-state index in [1.165, 1.54) is 0 Å². The Morgan fingerprint density at radius 1 is 0.596 bits per heavy atom. The molecule has 4 heterocycles. The first-order valence-electron chi connectivity index (χ1n) is 35.2. The zero-order valence-electron chi connectivity index (χ0n) is 56.7. The summed E-state index contributed by atoms with van der Waals surface area (Å²) in [7, 11) is 0. The first-order chi connectivity index (χ1) is 42.5. The zero-order valence-corrected chi connectivity index (χ0v) is 56.7. The number of Topliss-reactive ketones (excluding diaryl/α,β-unsaturated/α-hetero) is 2. The van der Waals surface area contributed by atoms with Gasteiger partial charge in [-0.3, -0.25) is 9.59 Å². The van der Waals surface area contributed by atoms with Crippen LogP contribution in [0.5, 0.6) is 0 Å². The van der Waals surface area contributed by atoms with E-state index in [9.17, 15) is 19.2 Å². The van der Waals surface area contributed by atoms with Gasteiger partial charge in [0.05, 0.1) is 54.9 Å². The lowest BCUT2D eigenvalue weighted by molar-refractivity contribution is -0.352. The average Bonchev–Trinajstić information content (AvgIpc) is 1.70. The van der Waals surface area contributed by atoms with Crippen molar-refractivity contribution in [2.45, 2.75) is 249 Å². The van der Waals surface area contributed by atoms with Crippen molar-refractivity contribution in [3.8, 4) is 0 Å². The van der Waals surface area contributed by atoms with Crippen LogP contribution in [0.1, 0.15) is 202 Å². The number of rotatable bonds is 21. The van der Waals surface area contributed by atoms with Crippen LogP contribution in [0.2, 0.25) is 0 Å². The van der Waals surface area contributed by atoms with Crippen LogP contribution in [0, 0.1) is 106 Å². The van der Waals surface area contributed by atoms with Gasteiger partial charge in [0.1, 0.15) is 24.3 Å². The van der Waals surface area contributed by atoms with Crippen molar-refractivity contribution in [3.63, 3.8) is 0 Å². The van der Waals surface area contributed by atoms with Crippen LogP contribution in [0.4, 0.5) is 0 Å². The number of fused-ring (bicyclic) bond motifs is 5. The molecule has 15 unspecified atom stereocenters. The molecule has 0 aromatic heterocycles. The molecule has 8 aliphatic rings. The van der Waals surface area contributed by atoms with Crippen molar-refractivity contribution in [2.75, 3.05) is 19.8 Å². The van der Waals surface area contributed by atoms with Gasteiger partial charge in [0.2, 0.25) is 0 Å². The van der Waals surface area contributed by atoms with E-state index in [-0.39, 0.29) is 125 Å². The van der Waals surface area contributed by atoms with E-state index < -0.39 is 49.1 Å². The van der Waals surface area contributed by atoms with Gasteiger partial charge in [0.25, 0.3) is 0 Å². The summed E-state index contributed by atoms with van der Waals surface area (Å²) in [5, 5.41) is 0. The summed E-state index contributed by atoms with van der Waals surface area (Å²) in [4.78, 5) is 55.4. The number of hydrogen-bond acceptors (Lipinski definition) is 14. The molecule has 4 saturated heterocycles. The van der Waals surface area contributed by atoms with E-state index in [0.717, 1.165) is 57.8 Å². The molecule has 10 rings (SSSR count). The third kappa shape index (κ3) is 14.1. The molecule has 496 valence electrons. The summed E-state index contributed by atoms with van der Waals surface area (Å²) >= 11 is 0. The van der Waals surface area contributed by atoms with Crippen molar-refractivity contribution in [1.82, 2.24) is 0 Å². The standard InChI is InChI=1S/C75H112O14/c1-16-61-45(7)44(6)48(10)71(84-61)88-65-46(8)50(12)72(85-62(65)17-2)89-66-47(9)49(11)70(86-63(66)40-80-68(78)52-24-20-18-21-25-52)83-55-32-34-74(14)54(36-55)29-30-56-57(74)33-35-75(15)58(56)37-60(77)64(75)51(13)59(76)31-28-41(3)38-81-73-67(43(5)42(4)39-82-73)87-69(79)53-26-22-19-23-27-53/h18-27,41-51,54-58,61-67,70-73H,16-17,28-40H2,1-15H3/t41-,42-,43-,44-,45-,46+,47+,48?,49?,50?,51+,54?,55?,56?,57?,58?,61?,62?,63?,64?,65-,66+,67?,70+,71-,72-,73+,74?,75?/m0/s1. The van der Waals surface area contributed by atoms with Crippen molar-refractivity contribution in [1.29, 1.82) is 0 Å². The molecule has 0 radical (unpaired) electrons. The molecule has 89 heavy (non-hydrogen) atoms. The lowest BCUT2D eigenvalue weighted by Crippen LogP contribution is -2.59. The highest BCUT2D eigenvalue weighted by Gasteiger charge is 2.64. The Labute approximate surface area is 533 Å². The number of carbonyl (C=O) groups excluding carboxylic acids is 4. The molecule has 2 aromatic rings. The predicted octanol–water partition coefficient (Wildman–Crippen LogP) is 14.8. The van der Waals surface area contributed by atoms with Crippen molar-refractivity contribution in [3.05, 3.63) is 71.8 Å². The second-order valence-electron chi connectivity index (χ2n) is 30.5. The fraction of sp³-hybridized carbons (Fsp3) is 0.787. The van der Waals surface area contributed by atoms with Crippen LogP contribution in [0.15, 0.2) is 60.7 Å². The quantitative estimate of drug-likeness (QED) is 0.0858. The van der Waals surface area contributed by atoms with E-state index in [1.807, 2.05) is 43.3 Å². The van der Waals surface area contributed by atoms with Crippen LogP contribution in [0.25, 0.3) is 0 Å². The van der Waals surface area contributed by atoms with Gasteiger partial charge in [-0.25, -0.2) is 9.59 Å². The number of ether oxygens (including phenoxy) is 10. The fourth-order valence-corrected chi connectivity index (χ4v) is 18.4. The summed E-state index contributed by atoms with van der Waals surface area (Å²) in [6.07, 6.45) is 6.59. The maximum absolute atomic E-state index is 14.4. The fourth-order valence-electron chi connectivity index (χ4n) is 18.4. The van der Waals surface area contributed by atoms with E-state index in [0.29, 0.717) is 73.2 Å². The summed E-state index contributed by atoms with van der Waals surface area (Å²) in [6, 6.07) is 18.1. The Bertz CT molecular complexity index is 2670. The average molecular weight is 1240 g/mol. The third-order valence-corrected chi connectivity index (χ3v) is 25.4. The van der Waals surface area contributed by atoms with Gasteiger partial charge < -0.3 is 47.4 Å². The number of carbonyl (C=O) groups is 4. The third-order valence-electron chi connectivity index (χ3n) is 25.4. The van der Waals surface area contributed by atoms with Gasteiger partial charge in [-0.05, 0) is 158 Å². The molecule has 0 N–H and O–H groups in total. The Morgan fingerprint density at radius 3 is 1.81 bits per heavy atom. The lowest BCUT2D eigenvalue weighted by Gasteiger charge is -2.61. The normalized spacial score (nSPS) is 43.8. The van der Waals surface area contributed by atoms with Crippen LogP contribution in [0.3, 0.4) is 0 Å². The molecular formula is C75H112O14. The minimum absolute atomic E-state index is 0.00878. The topological polar surface area (TPSA) is 161 Å². The van der Waals surface area contributed by atoms with Crippen LogP contribution in [-0.4, -0.2) is 111 Å². The maximum atomic E-state index is 14.4. The summed E-state index contributed by atoms with van der Waals surface area (Å²) in [5.41, 5.74) is 0.885. The Hall–Kier alpha value is -3.60. The Morgan fingerprint density at radius 2 is 1.17 bits per heavy atom. The van der Waals surface area contributed by atoms with Gasteiger partial charge in [0, 0.05) is 48.3 Å². The van der Waals surface area contributed by atoms with Crippen molar-refractivity contribution in [2.24, 2.45) is 106 Å².